The molecular weight excluding hydrogens is 274 g/mol. The Hall–Kier alpha value is -2.35. The summed E-state index contributed by atoms with van der Waals surface area (Å²) in [6, 6.07) is 4.24. The van der Waals surface area contributed by atoms with E-state index in [2.05, 4.69) is 0 Å². The van der Waals surface area contributed by atoms with E-state index >= 15 is 0 Å². The minimum Gasteiger partial charge on any atom is -0.484 e. The van der Waals surface area contributed by atoms with Crippen LogP contribution >= 0.6 is 11.3 Å². The Kier molecular flexibility index (Phi) is 3.52. The highest BCUT2D eigenvalue weighted by molar-refractivity contribution is 7.14. The van der Waals surface area contributed by atoms with Crippen LogP contribution in [0.5, 0.6) is 5.75 Å². The number of thiophene rings is 1. The Morgan fingerprint density at radius 3 is 2.89 bits per heavy atom. The summed E-state index contributed by atoms with van der Waals surface area (Å²) >= 11 is 1.10. The highest BCUT2D eigenvalue weighted by Crippen LogP contribution is 2.29. The van der Waals surface area contributed by atoms with Crippen LogP contribution in [0.2, 0.25) is 0 Å². The van der Waals surface area contributed by atoms with Gasteiger partial charge in [0, 0.05) is 4.88 Å². The van der Waals surface area contributed by atoms with E-state index in [0.29, 0.717) is 0 Å². The third-order valence-electron chi connectivity index (χ3n) is 2.21. The number of aromatic carboxylic acids is 1. The predicted octanol–water partition coefficient (Wildman–Crippen LogP) is 2.83. The van der Waals surface area contributed by atoms with E-state index in [1.807, 2.05) is 0 Å². The van der Waals surface area contributed by atoms with Crippen LogP contribution in [0.25, 0.3) is 0 Å². The number of furan rings is 1. The summed E-state index contributed by atoms with van der Waals surface area (Å²) in [4.78, 5) is 21.6. The maximum atomic E-state index is 11.0. The molecule has 0 spiro atoms. The summed E-state index contributed by atoms with van der Waals surface area (Å²) in [6.07, 6.45) is 0. The van der Waals surface area contributed by atoms with Crippen molar-refractivity contribution in [2.75, 3.05) is 0 Å². The van der Waals surface area contributed by atoms with Gasteiger partial charge in [-0.3, -0.25) is 10.1 Å². The van der Waals surface area contributed by atoms with Gasteiger partial charge in [-0.05, 0) is 19.1 Å². The monoisotopic (exact) mass is 283 g/mol. The molecule has 0 bridgehead atoms. The second-order valence-electron chi connectivity index (χ2n) is 3.64. The van der Waals surface area contributed by atoms with Crippen molar-refractivity contribution in [2.45, 2.75) is 13.5 Å². The number of aryl methyl sites for hydroxylation is 1. The number of nitro groups is 1. The van der Waals surface area contributed by atoms with E-state index in [4.69, 9.17) is 14.3 Å². The molecule has 2 rings (SSSR count). The van der Waals surface area contributed by atoms with Gasteiger partial charge in [-0.1, -0.05) is 0 Å². The van der Waals surface area contributed by atoms with Crippen LogP contribution in [0.3, 0.4) is 0 Å². The van der Waals surface area contributed by atoms with Gasteiger partial charge in [0.25, 0.3) is 0 Å². The quantitative estimate of drug-likeness (QED) is 0.668. The predicted molar refractivity (Wildman–Crippen MR) is 65.7 cm³/mol. The molecule has 0 aliphatic heterocycles. The molecular formula is C11H9NO6S. The summed E-state index contributed by atoms with van der Waals surface area (Å²) < 4.78 is 10.2. The molecule has 0 unspecified atom stereocenters. The van der Waals surface area contributed by atoms with Gasteiger partial charge < -0.3 is 14.3 Å². The van der Waals surface area contributed by atoms with Crippen molar-refractivity contribution >= 4 is 23.2 Å². The molecule has 0 saturated carbocycles. The summed E-state index contributed by atoms with van der Waals surface area (Å²) in [5.41, 5.74) is 0. The van der Waals surface area contributed by atoms with Gasteiger partial charge >= 0.3 is 11.9 Å². The van der Waals surface area contributed by atoms with Crippen molar-refractivity contribution in [1.82, 2.24) is 0 Å². The molecule has 0 aromatic carbocycles. The third kappa shape index (κ3) is 2.91. The van der Waals surface area contributed by atoms with E-state index in [1.165, 1.54) is 12.1 Å². The van der Waals surface area contributed by atoms with Crippen LogP contribution in [0, 0.1) is 17.0 Å². The van der Waals surface area contributed by atoms with Crippen molar-refractivity contribution in [3.8, 4) is 5.75 Å². The summed E-state index contributed by atoms with van der Waals surface area (Å²) in [5, 5.41) is 19.4. The zero-order valence-electron chi connectivity index (χ0n) is 9.78. The molecule has 2 heterocycles. The Labute approximate surface area is 111 Å². The minimum atomic E-state index is -1.07. The van der Waals surface area contributed by atoms with Crippen LogP contribution in [-0.2, 0) is 6.61 Å². The van der Waals surface area contributed by atoms with Crippen LogP contribution in [0.1, 0.15) is 20.3 Å². The molecule has 7 nitrogen and oxygen atoms in total. The fourth-order valence-corrected chi connectivity index (χ4v) is 2.23. The fraction of sp³-hybridized carbons (Fsp3) is 0.182. The van der Waals surface area contributed by atoms with Gasteiger partial charge in [0.2, 0.25) is 0 Å². The first kappa shape index (κ1) is 13.1. The molecule has 0 saturated heterocycles. The average molecular weight is 283 g/mol. The lowest BCUT2D eigenvalue weighted by molar-refractivity contribution is -0.402. The molecule has 0 atom stereocenters. The standard InChI is InChI=1S/C11H9NO6S/c1-6-4-8(10(19-6)11(13)14)17-5-7-2-3-9(18-7)12(15)16/h2-4H,5H2,1H3,(H,13,14). The van der Waals surface area contributed by atoms with Gasteiger partial charge in [-0.15, -0.1) is 11.3 Å². The zero-order chi connectivity index (χ0) is 14.0. The SMILES string of the molecule is Cc1cc(OCc2ccc([N+](=O)[O-])o2)c(C(=O)O)s1. The lowest BCUT2D eigenvalue weighted by atomic mass is 10.4. The van der Waals surface area contributed by atoms with Crippen molar-refractivity contribution in [2.24, 2.45) is 0 Å². The normalized spacial score (nSPS) is 10.4. The third-order valence-corrected chi connectivity index (χ3v) is 3.23. The molecule has 0 radical (unpaired) electrons. The highest BCUT2D eigenvalue weighted by Gasteiger charge is 2.17. The first-order valence-corrected chi connectivity index (χ1v) is 5.98. The van der Waals surface area contributed by atoms with E-state index < -0.39 is 10.9 Å². The van der Waals surface area contributed by atoms with Crippen LogP contribution in [0.4, 0.5) is 5.88 Å². The van der Waals surface area contributed by atoms with Crippen LogP contribution in [0.15, 0.2) is 22.6 Å². The molecule has 100 valence electrons. The van der Waals surface area contributed by atoms with Gasteiger partial charge in [0.05, 0.1) is 6.07 Å². The molecule has 0 amide bonds. The maximum Gasteiger partial charge on any atom is 0.433 e. The second-order valence-corrected chi connectivity index (χ2v) is 4.90. The van der Waals surface area contributed by atoms with Crippen molar-refractivity contribution in [3.63, 3.8) is 0 Å². The Morgan fingerprint density at radius 2 is 2.32 bits per heavy atom. The van der Waals surface area contributed by atoms with Gasteiger partial charge in [0.15, 0.2) is 4.88 Å². The molecule has 1 N–H and O–H groups in total. The maximum absolute atomic E-state index is 11.0. The first-order chi connectivity index (χ1) is 8.97. The fourth-order valence-electron chi connectivity index (χ4n) is 1.44. The summed E-state index contributed by atoms with van der Waals surface area (Å²) in [5.74, 6) is -0.960. The number of rotatable bonds is 5. The Morgan fingerprint density at radius 1 is 1.58 bits per heavy atom. The lowest BCUT2D eigenvalue weighted by Gasteiger charge is -2.02. The Bertz CT molecular complexity index is 629. The molecule has 8 heteroatoms. The smallest absolute Gasteiger partial charge is 0.433 e. The average Bonchev–Trinajstić information content (AvgIpc) is 2.92. The molecule has 19 heavy (non-hydrogen) atoms. The molecule has 0 aliphatic carbocycles. The number of hydrogen-bond acceptors (Lipinski definition) is 6. The number of carboxylic acid groups (broad SMARTS) is 1. The molecule has 2 aromatic heterocycles. The van der Waals surface area contributed by atoms with Gasteiger partial charge in [0.1, 0.15) is 23.0 Å². The van der Waals surface area contributed by atoms with Crippen molar-refractivity contribution in [1.29, 1.82) is 0 Å². The summed E-state index contributed by atoms with van der Waals surface area (Å²) in [6.45, 7) is 1.70. The van der Waals surface area contributed by atoms with Crippen LogP contribution < -0.4 is 4.74 Å². The number of ether oxygens (including phenoxy) is 1. The largest absolute Gasteiger partial charge is 0.484 e. The van der Waals surface area contributed by atoms with E-state index in [0.717, 1.165) is 16.2 Å². The number of carboxylic acids is 1. The Balaban J connectivity index is 2.09. The van der Waals surface area contributed by atoms with Gasteiger partial charge in [-0.25, -0.2) is 4.79 Å². The molecule has 0 fully saturated rings. The van der Waals surface area contributed by atoms with E-state index in [9.17, 15) is 14.9 Å². The van der Waals surface area contributed by atoms with Gasteiger partial charge in [-0.2, -0.15) is 0 Å². The number of carbonyl (C=O) groups is 1. The first-order valence-electron chi connectivity index (χ1n) is 5.17. The molecule has 2 aromatic rings. The minimum absolute atomic E-state index is 0.0652. The topological polar surface area (TPSA) is 103 Å². The number of nitrogens with zero attached hydrogens (tertiary/aromatic N) is 1. The van der Waals surface area contributed by atoms with E-state index in [-0.39, 0.29) is 28.9 Å². The van der Waals surface area contributed by atoms with Crippen molar-refractivity contribution < 1.29 is 24.0 Å². The molecule has 0 aliphatic rings. The lowest BCUT2D eigenvalue weighted by Crippen LogP contribution is -1.99. The summed E-state index contributed by atoms with van der Waals surface area (Å²) in [7, 11) is 0. The van der Waals surface area contributed by atoms with E-state index in [1.54, 1.807) is 13.0 Å². The van der Waals surface area contributed by atoms with Crippen molar-refractivity contribution in [3.05, 3.63) is 43.8 Å². The highest BCUT2D eigenvalue weighted by atomic mass is 32.1. The number of hydrogen-bond donors (Lipinski definition) is 1. The second kappa shape index (κ2) is 5.11. The van der Waals surface area contributed by atoms with Crippen LogP contribution in [-0.4, -0.2) is 16.0 Å². The zero-order valence-corrected chi connectivity index (χ0v) is 10.6.